The fraction of sp³-hybridized carbons (Fsp3) is 0.286. The van der Waals surface area contributed by atoms with Gasteiger partial charge in [0.1, 0.15) is 0 Å². The minimum absolute atomic E-state index is 0.496. The molecule has 1 nitrogen and oxygen atoms in total. The first-order chi connectivity index (χ1) is 4.61. The average molecular weight is 175 g/mol. The molecular formula is C7H6Cl2N. The van der Waals surface area contributed by atoms with Crippen molar-refractivity contribution in [2.24, 2.45) is 0 Å². The molecule has 1 rings (SSSR count). The van der Waals surface area contributed by atoms with Gasteiger partial charge in [-0.2, -0.15) is 0 Å². The molecule has 0 saturated heterocycles. The minimum atomic E-state index is 0.496. The first-order valence-electron chi connectivity index (χ1n) is 2.83. The quantitative estimate of drug-likeness (QED) is 0.590. The predicted octanol–water partition coefficient (Wildman–Crippen LogP) is 2.81. The van der Waals surface area contributed by atoms with E-state index in [0.29, 0.717) is 10.0 Å². The second-order valence-corrected chi connectivity index (χ2v) is 2.79. The van der Waals surface area contributed by atoms with Crippen molar-refractivity contribution in [3.63, 3.8) is 0 Å². The lowest BCUT2D eigenvalue weighted by Crippen LogP contribution is -1.87. The number of pyridine rings is 1. The molecule has 1 aromatic heterocycles. The zero-order valence-electron chi connectivity index (χ0n) is 5.70. The Kier molecular flexibility index (Phi) is 2.17. The summed E-state index contributed by atoms with van der Waals surface area (Å²) < 4.78 is 0. The van der Waals surface area contributed by atoms with Crippen LogP contribution in [0.5, 0.6) is 0 Å². The maximum atomic E-state index is 5.68. The molecule has 0 spiro atoms. The van der Waals surface area contributed by atoms with Crippen LogP contribution in [0.3, 0.4) is 0 Å². The SMILES string of the molecule is Cc1nc(C)c(Cl)[c]c1Cl. The average Bonchev–Trinajstić information content (AvgIpc) is 1.84. The van der Waals surface area contributed by atoms with E-state index >= 15 is 0 Å². The summed E-state index contributed by atoms with van der Waals surface area (Å²) in [5.74, 6) is 0. The second-order valence-electron chi connectivity index (χ2n) is 2.04. The van der Waals surface area contributed by atoms with Crippen LogP contribution in [0.4, 0.5) is 0 Å². The van der Waals surface area contributed by atoms with E-state index in [9.17, 15) is 0 Å². The van der Waals surface area contributed by atoms with Gasteiger partial charge in [0.05, 0.1) is 21.4 Å². The van der Waals surface area contributed by atoms with E-state index in [0.717, 1.165) is 11.4 Å². The van der Waals surface area contributed by atoms with E-state index in [2.05, 4.69) is 11.1 Å². The zero-order chi connectivity index (χ0) is 7.72. The van der Waals surface area contributed by atoms with Crippen molar-refractivity contribution < 1.29 is 0 Å². The van der Waals surface area contributed by atoms with E-state index < -0.39 is 0 Å². The standard InChI is InChI=1S/C7H6Cl2N/c1-4-6(8)3-7(9)5(2)10-4/h1-2H3. The fourth-order valence-corrected chi connectivity index (χ4v) is 0.949. The van der Waals surface area contributed by atoms with E-state index in [-0.39, 0.29) is 0 Å². The third-order valence-electron chi connectivity index (χ3n) is 1.19. The van der Waals surface area contributed by atoms with Gasteiger partial charge in [0.15, 0.2) is 0 Å². The van der Waals surface area contributed by atoms with Crippen LogP contribution < -0.4 is 0 Å². The molecule has 0 amide bonds. The summed E-state index contributed by atoms with van der Waals surface area (Å²) in [6, 6.07) is 2.78. The molecule has 0 saturated carbocycles. The Labute approximate surface area is 70.0 Å². The number of nitrogens with zero attached hydrogens (tertiary/aromatic N) is 1. The molecule has 0 bridgehead atoms. The number of aryl methyl sites for hydroxylation is 2. The zero-order valence-corrected chi connectivity index (χ0v) is 7.22. The molecule has 53 valence electrons. The van der Waals surface area contributed by atoms with Crippen LogP contribution in [0.25, 0.3) is 0 Å². The molecule has 0 aromatic carbocycles. The van der Waals surface area contributed by atoms with Gasteiger partial charge in [-0.25, -0.2) is 0 Å². The van der Waals surface area contributed by atoms with Crippen LogP contribution in [0.1, 0.15) is 11.4 Å². The Hall–Kier alpha value is -0.270. The van der Waals surface area contributed by atoms with Crippen LogP contribution in [0.15, 0.2) is 0 Å². The van der Waals surface area contributed by atoms with Crippen LogP contribution in [0, 0.1) is 19.9 Å². The summed E-state index contributed by atoms with van der Waals surface area (Å²) in [6.07, 6.45) is 0. The van der Waals surface area contributed by atoms with Crippen LogP contribution in [-0.2, 0) is 0 Å². The Morgan fingerprint density at radius 1 is 1.10 bits per heavy atom. The summed E-state index contributed by atoms with van der Waals surface area (Å²) in [5, 5.41) is 0.992. The summed E-state index contributed by atoms with van der Waals surface area (Å²) in [5.41, 5.74) is 1.53. The summed E-state index contributed by atoms with van der Waals surface area (Å²) in [4.78, 5) is 4.08. The third kappa shape index (κ3) is 1.41. The van der Waals surface area contributed by atoms with Crippen molar-refractivity contribution in [2.45, 2.75) is 13.8 Å². The number of rotatable bonds is 0. The van der Waals surface area contributed by atoms with Crippen molar-refractivity contribution in [3.8, 4) is 0 Å². The third-order valence-corrected chi connectivity index (χ3v) is 1.93. The highest BCUT2D eigenvalue weighted by Crippen LogP contribution is 2.19. The van der Waals surface area contributed by atoms with Gasteiger partial charge in [-0.1, -0.05) is 23.2 Å². The molecule has 0 aliphatic rings. The van der Waals surface area contributed by atoms with Gasteiger partial charge < -0.3 is 0 Å². The van der Waals surface area contributed by atoms with Gasteiger partial charge in [-0.3, -0.25) is 4.98 Å². The van der Waals surface area contributed by atoms with Gasteiger partial charge in [0, 0.05) is 6.07 Å². The van der Waals surface area contributed by atoms with Gasteiger partial charge >= 0.3 is 0 Å². The molecule has 0 unspecified atom stereocenters. The summed E-state index contributed by atoms with van der Waals surface area (Å²) in [7, 11) is 0. The molecule has 0 aliphatic carbocycles. The highest BCUT2D eigenvalue weighted by atomic mass is 35.5. The first-order valence-corrected chi connectivity index (χ1v) is 3.58. The number of hydrogen-bond acceptors (Lipinski definition) is 1. The molecule has 0 fully saturated rings. The molecule has 1 heterocycles. The van der Waals surface area contributed by atoms with E-state index in [1.54, 1.807) is 0 Å². The van der Waals surface area contributed by atoms with Crippen LogP contribution in [0.2, 0.25) is 10.0 Å². The maximum absolute atomic E-state index is 5.68. The number of halogens is 2. The molecule has 1 radical (unpaired) electrons. The van der Waals surface area contributed by atoms with E-state index in [1.807, 2.05) is 13.8 Å². The minimum Gasteiger partial charge on any atom is -0.255 e. The van der Waals surface area contributed by atoms with E-state index in [1.165, 1.54) is 0 Å². The van der Waals surface area contributed by atoms with Crippen molar-refractivity contribution >= 4 is 23.2 Å². The summed E-state index contributed by atoms with van der Waals surface area (Å²) >= 11 is 11.4. The Morgan fingerprint density at radius 2 is 1.50 bits per heavy atom. The molecule has 0 aliphatic heterocycles. The topological polar surface area (TPSA) is 12.9 Å². The Balaban J connectivity index is 3.28. The lowest BCUT2D eigenvalue weighted by Gasteiger charge is -1.99. The molecule has 0 atom stereocenters. The van der Waals surface area contributed by atoms with Crippen LogP contribution >= 0.6 is 23.2 Å². The highest BCUT2D eigenvalue weighted by Gasteiger charge is 2.01. The maximum Gasteiger partial charge on any atom is 0.0713 e. The Bertz CT molecular complexity index is 208. The fourth-order valence-electron chi connectivity index (χ4n) is 0.627. The number of hydrogen-bond donors (Lipinski definition) is 0. The van der Waals surface area contributed by atoms with Crippen LogP contribution in [-0.4, -0.2) is 4.98 Å². The summed E-state index contributed by atoms with van der Waals surface area (Å²) in [6.45, 7) is 3.64. The largest absolute Gasteiger partial charge is 0.255 e. The second kappa shape index (κ2) is 2.77. The van der Waals surface area contributed by atoms with Gasteiger partial charge in [-0.15, -0.1) is 0 Å². The van der Waals surface area contributed by atoms with Crippen molar-refractivity contribution in [3.05, 3.63) is 27.5 Å². The smallest absolute Gasteiger partial charge is 0.0713 e. The first kappa shape index (κ1) is 7.83. The monoisotopic (exact) mass is 174 g/mol. The normalized spacial score (nSPS) is 10.0. The lowest BCUT2D eigenvalue weighted by atomic mass is 10.3. The molecule has 0 N–H and O–H groups in total. The predicted molar refractivity (Wildman–Crippen MR) is 42.6 cm³/mol. The molecule has 10 heavy (non-hydrogen) atoms. The Morgan fingerprint density at radius 3 is 1.80 bits per heavy atom. The van der Waals surface area contributed by atoms with Crippen molar-refractivity contribution in [1.82, 2.24) is 4.98 Å². The molecular weight excluding hydrogens is 169 g/mol. The lowest BCUT2D eigenvalue weighted by molar-refractivity contribution is 1.12. The van der Waals surface area contributed by atoms with Crippen molar-refractivity contribution in [1.29, 1.82) is 0 Å². The number of aromatic nitrogens is 1. The highest BCUT2D eigenvalue weighted by molar-refractivity contribution is 6.34. The van der Waals surface area contributed by atoms with E-state index in [4.69, 9.17) is 23.2 Å². The van der Waals surface area contributed by atoms with Gasteiger partial charge in [-0.05, 0) is 13.8 Å². The van der Waals surface area contributed by atoms with Crippen molar-refractivity contribution in [2.75, 3.05) is 0 Å². The van der Waals surface area contributed by atoms with Gasteiger partial charge in [0.25, 0.3) is 0 Å². The van der Waals surface area contributed by atoms with Gasteiger partial charge in [0.2, 0.25) is 0 Å². The molecule has 1 aromatic rings. The molecule has 3 heteroatoms.